The molecule has 0 bridgehead atoms. The molecule has 2 rings (SSSR count). The summed E-state index contributed by atoms with van der Waals surface area (Å²) >= 11 is 5.82. The highest BCUT2D eigenvalue weighted by Gasteiger charge is 2.03. The van der Waals surface area contributed by atoms with E-state index in [9.17, 15) is 0 Å². The van der Waals surface area contributed by atoms with Gasteiger partial charge in [0.15, 0.2) is 0 Å². The number of nitrogens with two attached hydrogens (primary N) is 1. The van der Waals surface area contributed by atoms with Crippen LogP contribution in [0.3, 0.4) is 0 Å². The van der Waals surface area contributed by atoms with Gasteiger partial charge < -0.3 is 10.5 Å². The molecule has 0 aliphatic heterocycles. The second-order valence-electron chi connectivity index (χ2n) is 3.74. The fraction of sp³-hybridized carbons (Fsp3) is 0.0714. The summed E-state index contributed by atoms with van der Waals surface area (Å²) in [5.41, 5.74) is 7.61. The molecule has 0 amide bonds. The average Bonchev–Trinajstić information content (AvgIpc) is 2.40. The summed E-state index contributed by atoms with van der Waals surface area (Å²) in [4.78, 5) is 0. The van der Waals surface area contributed by atoms with Crippen LogP contribution < -0.4 is 10.5 Å². The van der Waals surface area contributed by atoms with E-state index in [1.165, 1.54) is 0 Å². The van der Waals surface area contributed by atoms with Gasteiger partial charge in [0.1, 0.15) is 12.4 Å². The third kappa shape index (κ3) is 2.73. The highest BCUT2D eigenvalue weighted by Crippen LogP contribution is 2.24. The van der Waals surface area contributed by atoms with Gasteiger partial charge in [-0.15, -0.1) is 0 Å². The van der Waals surface area contributed by atoms with Crippen molar-refractivity contribution >= 4 is 17.3 Å². The molecule has 90 valence electrons. The molecule has 0 saturated heterocycles. The minimum atomic E-state index is 0.324. The second-order valence-corrected chi connectivity index (χ2v) is 4.15. The number of hydrogen-bond donors (Lipinski definition) is 1. The fourth-order valence-corrected chi connectivity index (χ4v) is 1.65. The Kier molecular flexibility index (Phi) is 3.71. The zero-order valence-corrected chi connectivity index (χ0v) is 10.3. The Labute approximate surface area is 110 Å². The van der Waals surface area contributed by atoms with Gasteiger partial charge in [0, 0.05) is 11.6 Å². The molecule has 0 aromatic heterocycles. The summed E-state index contributed by atoms with van der Waals surface area (Å²) < 4.78 is 5.58. The van der Waals surface area contributed by atoms with Crippen molar-refractivity contribution in [1.82, 2.24) is 0 Å². The molecule has 0 saturated carbocycles. The van der Waals surface area contributed by atoms with Crippen molar-refractivity contribution in [3.05, 3.63) is 58.6 Å². The van der Waals surface area contributed by atoms with Crippen LogP contribution in [0, 0.1) is 11.3 Å². The van der Waals surface area contributed by atoms with E-state index in [-0.39, 0.29) is 0 Å². The number of nitrogens with zero attached hydrogens (tertiary/aromatic N) is 1. The van der Waals surface area contributed by atoms with Crippen LogP contribution in [0.1, 0.15) is 11.1 Å². The first-order valence-corrected chi connectivity index (χ1v) is 5.74. The Morgan fingerprint density at radius 2 is 2.00 bits per heavy atom. The van der Waals surface area contributed by atoms with Crippen molar-refractivity contribution in [3.8, 4) is 11.8 Å². The van der Waals surface area contributed by atoms with Gasteiger partial charge in [-0.05, 0) is 18.2 Å². The lowest BCUT2D eigenvalue weighted by Crippen LogP contribution is -1.98. The Balaban J connectivity index is 2.12. The zero-order valence-electron chi connectivity index (χ0n) is 9.56. The minimum Gasteiger partial charge on any atom is -0.489 e. The van der Waals surface area contributed by atoms with Crippen molar-refractivity contribution < 1.29 is 4.74 Å². The Morgan fingerprint density at radius 3 is 2.72 bits per heavy atom. The maximum absolute atomic E-state index is 8.95. The van der Waals surface area contributed by atoms with Crippen molar-refractivity contribution in [3.63, 3.8) is 0 Å². The van der Waals surface area contributed by atoms with Crippen LogP contribution in [0.2, 0.25) is 5.02 Å². The number of hydrogen-bond acceptors (Lipinski definition) is 3. The van der Waals surface area contributed by atoms with E-state index in [1.54, 1.807) is 24.3 Å². The zero-order chi connectivity index (χ0) is 13.0. The molecule has 0 unspecified atom stereocenters. The number of nitrogen functional groups attached to an aromatic ring is 1. The van der Waals surface area contributed by atoms with Crippen LogP contribution >= 0.6 is 11.6 Å². The number of benzene rings is 2. The third-order valence-corrected chi connectivity index (χ3v) is 2.84. The van der Waals surface area contributed by atoms with E-state index in [4.69, 9.17) is 27.3 Å². The fourth-order valence-electron chi connectivity index (χ4n) is 1.53. The van der Waals surface area contributed by atoms with Crippen molar-refractivity contribution in [1.29, 1.82) is 5.26 Å². The maximum atomic E-state index is 8.95. The standard InChI is InChI=1S/C14H11ClN2O/c15-13-6-5-12(7-14(13)17)18-9-11-4-2-1-3-10(11)8-16/h1-7H,9,17H2. The van der Waals surface area contributed by atoms with Crippen LogP contribution in [0.15, 0.2) is 42.5 Å². The van der Waals surface area contributed by atoms with E-state index < -0.39 is 0 Å². The van der Waals surface area contributed by atoms with Gasteiger partial charge in [-0.3, -0.25) is 0 Å². The molecule has 18 heavy (non-hydrogen) atoms. The highest BCUT2D eigenvalue weighted by molar-refractivity contribution is 6.33. The lowest BCUT2D eigenvalue weighted by atomic mass is 10.1. The second kappa shape index (κ2) is 5.44. The third-order valence-electron chi connectivity index (χ3n) is 2.50. The van der Waals surface area contributed by atoms with E-state index in [1.807, 2.05) is 18.2 Å². The van der Waals surface area contributed by atoms with Gasteiger partial charge in [0.05, 0.1) is 22.3 Å². The SMILES string of the molecule is N#Cc1ccccc1COc1ccc(Cl)c(N)c1. The maximum Gasteiger partial charge on any atom is 0.121 e. The van der Waals surface area contributed by atoms with Crippen molar-refractivity contribution in [2.24, 2.45) is 0 Å². The van der Waals surface area contributed by atoms with Crippen LogP contribution in [0.25, 0.3) is 0 Å². The Hall–Kier alpha value is -2.18. The minimum absolute atomic E-state index is 0.324. The summed E-state index contributed by atoms with van der Waals surface area (Å²) in [5.74, 6) is 0.629. The molecule has 0 fully saturated rings. The number of ether oxygens (including phenoxy) is 1. The van der Waals surface area contributed by atoms with Crippen LogP contribution in [0.4, 0.5) is 5.69 Å². The lowest BCUT2D eigenvalue weighted by Gasteiger charge is -2.08. The summed E-state index contributed by atoms with van der Waals surface area (Å²) in [5, 5.41) is 9.45. The van der Waals surface area contributed by atoms with Gasteiger partial charge in [-0.2, -0.15) is 5.26 Å². The smallest absolute Gasteiger partial charge is 0.121 e. The number of nitriles is 1. The predicted octanol–water partition coefficient (Wildman–Crippen LogP) is 3.37. The number of rotatable bonds is 3. The first-order chi connectivity index (χ1) is 8.70. The van der Waals surface area contributed by atoms with Gasteiger partial charge in [0.2, 0.25) is 0 Å². The molecule has 0 heterocycles. The molecular weight excluding hydrogens is 248 g/mol. The van der Waals surface area contributed by atoms with Gasteiger partial charge in [-0.1, -0.05) is 29.8 Å². The molecule has 0 radical (unpaired) electrons. The average molecular weight is 259 g/mol. The molecule has 0 atom stereocenters. The first kappa shape index (κ1) is 12.3. The van der Waals surface area contributed by atoms with Crippen LogP contribution in [0.5, 0.6) is 5.75 Å². The van der Waals surface area contributed by atoms with E-state index in [0.29, 0.717) is 28.6 Å². The molecule has 2 aromatic carbocycles. The molecular formula is C14H11ClN2O. The quantitative estimate of drug-likeness (QED) is 0.859. The van der Waals surface area contributed by atoms with Crippen LogP contribution in [-0.2, 0) is 6.61 Å². The van der Waals surface area contributed by atoms with E-state index in [0.717, 1.165) is 5.56 Å². The summed E-state index contributed by atoms with van der Waals surface area (Å²) in [6, 6.07) is 14.5. The molecule has 0 spiro atoms. The topological polar surface area (TPSA) is 59.0 Å². The van der Waals surface area contributed by atoms with Gasteiger partial charge in [-0.25, -0.2) is 0 Å². The molecule has 0 aliphatic rings. The summed E-state index contributed by atoms with van der Waals surface area (Å²) in [7, 11) is 0. The highest BCUT2D eigenvalue weighted by atomic mass is 35.5. The Morgan fingerprint density at radius 1 is 1.22 bits per heavy atom. The van der Waals surface area contributed by atoms with Crippen molar-refractivity contribution in [2.45, 2.75) is 6.61 Å². The van der Waals surface area contributed by atoms with E-state index in [2.05, 4.69) is 6.07 Å². The molecule has 2 N–H and O–H groups in total. The molecule has 2 aromatic rings. The molecule has 4 heteroatoms. The first-order valence-electron chi connectivity index (χ1n) is 5.36. The normalized spacial score (nSPS) is 9.78. The summed E-state index contributed by atoms with van der Waals surface area (Å²) in [6.45, 7) is 0.324. The van der Waals surface area contributed by atoms with E-state index >= 15 is 0 Å². The molecule has 3 nitrogen and oxygen atoms in total. The van der Waals surface area contributed by atoms with Gasteiger partial charge in [0.25, 0.3) is 0 Å². The molecule has 0 aliphatic carbocycles. The Bertz CT molecular complexity index is 605. The predicted molar refractivity (Wildman–Crippen MR) is 71.4 cm³/mol. The number of halogens is 1. The van der Waals surface area contributed by atoms with Crippen molar-refractivity contribution in [2.75, 3.05) is 5.73 Å². The monoisotopic (exact) mass is 258 g/mol. The number of anilines is 1. The van der Waals surface area contributed by atoms with Gasteiger partial charge >= 0.3 is 0 Å². The summed E-state index contributed by atoms with van der Waals surface area (Å²) in [6.07, 6.45) is 0. The van der Waals surface area contributed by atoms with Crippen LogP contribution in [-0.4, -0.2) is 0 Å². The largest absolute Gasteiger partial charge is 0.489 e. The lowest BCUT2D eigenvalue weighted by molar-refractivity contribution is 0.306.